The Labute approximate surface area is 88.1 Å². The van der Waals surface area contributed by atoms with Gasteiger partial charge in [0.2, 0.25) is 0 Å². The van der Waals surface area contributed by atoms with E-state index in [9.17, 15) is 4.79 Å². The van der Waals surface area contributed by atoms with Crippen molar-refractivity contribution in [3.63, 3.8) is 0 Å². The van der Waals surface area contributed by atoms with Crippen LogP contribution in [0.2, 0.25) is 0 Å². The Bertz CT molecular complexity index is 502. The molecule has 1 aromatic carbocycles. The molecule has 0 aliphatic heterocycles. The van der Waals surface area contributed by atoms with E-state index >= 15 is 0 Å². The van der Waals surface area contributed by atoms with Crippen LogP contribution in [0, 0.1) is 0 Å². The molecule has 2 rings (SSSR count). The van der Waals surface area contributed by atoms with Crippen molar-refractivity contribution >= 4 is 16.9 Å². The first kappa shape index (κ1) is 9.71. The molecule has 78 valence electrons. The molecule has 4 nitrogen and oxygen atoms in total. The quantitative estimate of drug-likeness (QED) is 0.729. The Morgan fingerprint density at radius 3 is 2.87 bits per heavy atom. The van der Waals surface area contributed by atoms with Crippen molar-refractivity contribution in [2.45, 2.75) is 20.4 Å². The lowest BCUT2D eigenvalue weighted by molar-refractivity contribution is -0.668. The van der Waals surface area contributed by atoms with Gasteiger partial charge < -0.3 is 0 Å². The zero-order valence-corrected chi connectivity index (χ0v) is 8.90. The smallest absolute Gasteiger partial charge is 0.268 e. The van der Waals surface area contributed by atoms with Gasteiger partial charge in [0, 0.05) is 6.92 Å². The van der Waals surface area contributed by atoms with E-state index in [1.165, 1.54) is 6.92 Å². The van der Waals surface area contributed by atoms with Crippen molar-refractivity contribution in [3.05, 3.63) is 30.6 Å². The van der Waals surface area contributed by atoms with Gasteiger partial charge in [-0.1, -0.05) is 12.1 Å². The van der Waals surface area contributed by atoms with Gasteiger partial charge in [0.1, 0.15) is 0 Å². The first-order valence-corrected chi connectivity index (χ1v) is 4.99. The Morgan fingerprint density at radius 2 is 2.20 bits per heavy atom. The maximum absolute atomic E-state index is 11.0. The van der Waals surface area contributed by atoms with Gasteiger partial charge in [-0.25, -0.2) is 4.57 Å². The largest absolute Gasteiger partial charge is 0.272 e. The Morgan fingerprint density at radius 1 is 1.47 bits per heavy atom. The van der Waals surface area contributed by atoms with Crippen molar-refractivity contribution in [1.29, 1.82) is 0 Å². The summed E-state index contributed by atoms with van der Waals surface area (Å²) >= 11 is 0. The molecule has 0 spiro atoms. The zero-order valence-electron chi connectivity index (χ0n) is 8.90. The second-order valence-electron chi connectivity index (χ2n) is 3.43. The summed E-state index contributed by atoms with van der Waals surface area (Å²) in [5, 5.41) is 0. The van der Waals surface area contributed by atoms with Crippen LogP contribution < -0.4 is 9.99 Å². The summed E-state index contributed by atoms with van der Waals surface area (Å²) in [6.07, 6.45) is 1.89. The van der Waals surface area contributed by atoms with Crippen molar-refractivity contribution < 1.29 is 9.36 Å². The summed E-state index contributed by atoms with van der Waals surface area (Å²) in [5.41, 5.74) is 4.89. The highest BCUT2D eigenvalue weighted by molar-refractivity contribution is 5.83. The SMILES string of the molecule is CC[n+]1cn(NC(C)=O)c2ccccc21. The molecule has 0 atom stereocenters. The standard InChI is InChI=1S/C11H13N3O/c1-3-13-8-14(12-9(2)15)11-7-5-4-6-10(11)13/h4-8H,3H2,1-2H3/p+1. The molecule has 0 radical (unpaired) electrons. The molecule has 4 heteroatoms. The fourth-order valence-electron chi connectivity index (χ4n) is 1.69. The maximum atomic E-state index is 11.0. The molecule has 1 N–H and O–H groups in total. The number of amides is 1. The lowest BCUT2D eigenvalue weighted by atomic mass is 10.3. The summed E-state index contributed by atoms with van der Waals surface area (Å²) < 4.78 is 3.84. The Balaban J connectivity index is 2.59. The van der Waals surface area contributed by atoms with Gasteiger partial charge in [0.15, 0.2) is 11.0 Å². The van der Waals surface area contributed by atoms with Crippen LogP contribution in [-0.2, 0) is 11.3 Å². The predicted molar refractivity (Wildman–Crippen MR) is 57.8 cm³/mol. The second kappa shape index (κ2) is 3.73. The maximum Gasteiger partial charge on any atom is 0.268 e. The number of carbonyl (C=O) groups is 1. The first-order valence-electron chi connectivity index (χ1n) is 4.99. The van der Waals surface area contributed by atoms with Crippen LogP contribution in [0.1, 0.15) is 13.8 Å². The first-order chi connectivity index (χ1) is 7.22. The minimum atomic E-state index is -0.0704. The van der Waals surface area contributed by atoms with Crippen LogP contribution in [0.15, 0.2) is 30.6 Å². The molecule has 2 aromatic rings. The highest BCUT2D eigenvalue weighted by Gasteiger charge is 2.14. The van der Waals surface area contributed by atoms with Crippen molar-refractivity contribution in [1.82, 2.24) is 4.68 Å². The van der Waals surface area contributed by atoms with Gasteiger partial charge in [-0.3, -0.25) is 4.79 Å². The van der Waals surface area contributed by atoms with Gasteiger partial charge in [0.25, 0.3) is 12.2 Å². The third kappa shape index (κ3) is 1.70. The average Bonchev–Trinajstić information content (AvgIpc) is 2.56. The van der Waals surface area contributed by atoms with E-state index in [-0.39, 0.29) is 5.91 Å². The number of hydrogen-bond donors (Lipinski definition) is 1. The molecule has 1 aromatic heterocycles. The normalized spacial score (nSPS) is 10.5. The molecule has 15 heavy (non-hydrogen) atoms. The molecule has 0 saturated carbocycles. The monoisotopic (exact) mass is 204 g/mol. The Kier molecular flexibility index (Phi) is 2.41. The number of hydrogen-bond acceptors (Lipinski definition) is 1. The number of benzene rings is 1. The molecule has 1 amide bonds. The second-order valence-corrected chi connectivity index (χ2v) is 3.43. The fraction of sp³-hybridized carbons (Fsp3) is 0.273. The summed E-state index contributed by atoms with van der Waals surface area (Å²) in [5.74, 6) is -0.0704. The molecule has 1 heterocycles. The zero-order chi connectivity index (χ0) is 10.8. The minimum Gasteiger partial charge on any atom is -0.272 e. The van der Waals surface area contributed by atoms with E-state index in [0.29, 0.717) is 0 Å². The van der Waals surface area contributed by atoms with E-state index in [1.807, 2.05) is 30.6 Å². The van der Waals surface area contributed by atoms with Crippen LogP contribution in [0.4, 0.5) is 0 Å². The van der Waals surface area contributed by atoms with E-state index in [4.69, 9.17) is 0 Å². The summed E-state index contributed by atoms with van der Waals surface area (Å²) in [6.45, 7) is 4.46. The molecule has 0 saturated heterocycles. The van der Waals surface area contributed by atoms with Gasteiger partial charge in [-0.05, 0) is 19.1 Å². The summed E-state index contributed by atoms with van der Waals surface area (Å²) in [6, 6.07) is 7.97. The Hall–Kier alpha value is -1.84. The summed E-state index contributed by atoms with van der Waals surface area (Å²) in [4.78, 5) is 11.0. The van der Waals surface area contributed by atoms with Crippen LogP contribution in [0.3, 0.4) is 0 Å². The fourth-order valence-corrected chi connectivity index (χ4v) is 1.69. The third-order valence-corrected chi connectivity index (χ3v) is 2.32. The van der Waals surface area contributed by atoms with Crippen LogP contribution in [0.25, 0.3) is 11.0 Å². The topological polar surface area (TPSA) is 37.9 Å². The van der Waals surface area contributed by atoms with Crippen LogP contribution in [-0.4, -0.2) is 10.6 Å². The van der Waals surface area contributed by atoms with Gasteiger partial charge in [-0.15, -0.1) is 4.68 Å². The highest BCUT2D eigenvalue weighted by Crippen LogP contribution is 2.08. The molecular formula is C11H14N3O+. The molecule has 0 unspecified atom stereocenters. The number of aryl methyl sites for hydroxylation is 1. The molecular weight excluding hydrogens is 190 g/mol. The third-order valence-electron chi connectivity index (χ3n) is 2.32. The number of para-hydroxylation sites is 2. The minimum absolute atomic E-state index is 0.0704. The van der Waals surface area contributed by atoms with Gasteiger partial charge in [0.05, 0.1) is 6.54 Å². The average molecular weight is 204 g/mol. The van der Waals surface area contributed by atoms with Gasteiger partial charge in [-0.2, -0.15) is 5.43 Å². The number of fused-ring (bicyclic) bond motifs is 1. The van der Waals surface area contributed by atoms with Crippen molar-refractivity contribution in [2.24, 2.45) is 0 Å². The molecule has 0 aliphatic carbocycles. The predicted octanol–water partition coefficient (Wildman–Crippen LogP) is 1.04. The van der Waals surface area contributed by atoms with Crippen molar-refractivity contribution in [3.8, 4) is 0 Å². The van der Waals surface area contributed by atoms with Crippen molar-refractivity contribution in [2.75, 3.05) is 5.43 Å². The van der Waals surface area contributed by atoms with E-state index < -0.39 is 0 Å². The molecule has 0 fully saturated rings. The molecule has 0 bridgehead atoms. The van der Waals surface area contributed by atoms with Crippen LogP contribution >= 0.6 is 0 Å². The van der Waals surface area contributed by atoms with E-state index in [1.54, 1.807) is 4.68 Å². The van der Waals surface area contributed by atoms with Crippen LogP contribution in [0.5, 0.6) is 0 Å². The number of nitrogens with zero attached hydrogens (tertiary/aromatic N) is 2. The highest BCUT2D eigenvalue weighted by atomic mass is 16.2. The summed E-state index contributed by atoms with van der Waals surface area (Å²) in [7, 11) is 0. The van der Waals surface area contributed by atoms with Gasteiger partial charge >= 0.3 is 0 Å². The number of aromatic nitrogens is 2. The van der Waals surface area contributed by atoms with E-state index in [0.717, 1.165) is 17.6 Å². The number of nitrogens with one attached hydrogen (secondary N) is 1. The lowest BCUT2D eigenvalue weighted by Gasteiger charge is -1.94. The number of carbonyl (C=O) groups excluding carboxylic acids is 1. The van der Waals surface area contributed by atoms with E-state index in [2.05, 4.69) is 16.9 Å². The number of imidazole rings is 1. The molecule has 0 aliphatic rings. The number of rotatable bonds is 2. The lowest BCUT2D eigenvalue weighted by Crippen LogP contribution is -2.31.